The van der Waals surface area contributed by atoms with Gasteiger partial charge >= 0.3 is 6.03 Å². The summed E-state index contributed by atoms with van der Waals surface area (Å²) in [6.07, 6.45) is 4.53. The molecule has 134 valence electrons. The van der Waals surface area contributed by atoms with Crippen molar-refractivity contribution in [3.63, 3.8) is 0 Å². The van der Waals surface area contributed by atoms with Crippen molar-refractivity contribution in [2.45, 2.75) is 13.0 Å². The van der Waals surface area contributed by atoms with Crippen molar-refractivity contribution in [1.82, 2.24) is 20.4 Å². The highest BCUT2D eigenvalue weighted by Gasteiger charge is 2.03. The lowest BCUT2D eigenvalue weighted by Gasteiger charge is -2.08. The van der Waals surface area contributed by atoms with Crippen LogP contribution in [0.15, 0.2) is 67.0 Å². The predicted molar refractivity (Wildman–Crippen MR) is 101 cm³/mol. The number of benzene rings is 2. The zero-order valence-corrected chi connectivity index (χ0v) is 14.7. The highest BCUT2D eigenvalue weighted by atomic mass is 16.5. The van der Waals surface area contributed by atoms with E-state index >= 15 is 0 Å². The Kier molecular flexibility index (Phi) is 5.88. The Bertz CT molecular complexity index is 829. The molecule has 0 radical (unpaired) electrons. The van der Waals surface area contributed by atoms with Crippen molar-refractivity contribution in [3.8, 4) is 11.4 Å². The van der Waals surface area contributed by atoms with Gasteiger partial charge in [0.25, 0.3) is 0 Å². The van der Waals surface area contributed by atoms with Crippen molar-refractivity contribution in [1.29, 1.82) is 0 Å². The number of carbonyl (C=O) groups is 1. The summed E-state index contributed by atoms with van der Waals surface area (Å²) in [5.41, 5.74) is 3.11. The van der Waals surface area contributed by atoms with Gasteiger partial charge in [0.2, 0.25) is 0 Å². The molecule has 26 heavy (non-hydrogen) atoms. The molecular formula is C20H22N4O2. The molecule has 1 heterocycles. The van der Waals surface area contributed by atoms with Crippen LogP contribution < -0.4 is 15.4 Å². The highest BCUT2D eigenvalue weighted by Crippen LogP contribution is 2.11. The number of hydrogen-bond acceptors (Lipinski definition) is 3. The molecule has 2 N–H and O–H groups in total. The monoisotopic (exact) mass is 350 g/mol. The molecule has 2 amide bonds. The van der Waals surface area contributed by atoms with Gasteiger partial charge in [-0.25, -0.2) is 9.48 Å². The first-order chi connectivity index (χ1) is 12.7. The van der Waals surface area contributed by atoms with Crippen LogP contribution in [-0.4, -0.2) is 29.5 Å². The zero-order chi connectivity index (χ0) is 18.2. The predicted octanol–water partition coefficient (Wildman–Crippen LogP) is 2.92. The molecule has 0 saturated carbocycles. The molecule has 0 aliphatic heterocycles. The van der Waals surface area contributed by atoms with Crippen LogP contribution in [0, 0.1) is 0 Å². The number of ether oxygens (including phenoxy) is 1. The van der Waals surface area contributed by atoms with Crippen LogP contribution in [0.5, 0.6) is 5.75 Å². The van der Waals surface area contributed by atoms with Crippen LogP contribution in [0.1, 0.15) is 11.1 Å². The van der Waals surface area contributed by atoms with E-state index in [9.17, 15) is 4.79 Å². The quantitative estimate of drug-likeness (QED) is 0.688. The van der Waals surface area contributed by atoms with Gasteiger partial charge in [-0.3, -0.25) is 0 Å². The summed E-state index contributed by atoms with van der Waals surface area (Å²) in [6.45, 7) is 1.02. The molecule has 0 aliphatic carbocycles. The lowest BCUT2D eigenvalue weighted by atomic mass is 10.2. The minimum Gasteiger partial charge on any atom is -0.497 e. The third-order valence-corrected chi connectivity index (χ3v) is 3.97. The minimum absolute atomic E-state index is 0.184. The standard InChI is InChI=1S/C20H22N4O2/c1-26-19-9-7-16(8-10-19)13-22-20(25)21-12-11-17-14-23-24(15-17)18-5-3-2-4-6-18/h2-10,14-15H,11-13H2,1H3,(H2,21,22,25). The zero-order valence-electron chi connectivity index (χ0n) is 14.7. The van der Waals surface area contributed by atoms with Crippen LogP contribution in [0.2, 0.25) is 0 Å². The molecule has 0 fully saturated rings. The van der Waals surface area contributed by atoms with Crippen molar-refractivity contribution in [2.24, 2.45) is 0 Å². The number of aromatic nitrogens is 2. The van der Waals surface area contributed by atoms with Crippen LogP contribution in [0.4, 0.5) is 4.79 Å². The Morgan fingerprint density at radius 2 is 1.81 bits per heavy atom. The Balaban J connectivity index is 1.40. The number of amides is 2. The summed E-state index contributed by atoms with van der Waals surface area (Å²) >= 11 is 0. The number of nitrogens with zero attached hydrogens (tertiary/aromatic N) is 2. The van der Waals surface area contributed by atoms with Crippen LogP contribution in [0.25, 0.3) is 5.69 Å². The van der Waals surface area contributed by atoms with E-state index in [1.807, 2.05) is 71.7 Å². The number of carbonyl (C=O) groups excluding carboxylic acids is 1. The Morgan fingerprint density at radius 3 is 2.54 bits per heavy atom. The molecule has 0 spiro atoms. The largest absolute Gasteiger partial charge is 0.497 e. The van der Waals surface area contributed by atoms with E-state index in [1.54, 1.807) is 7.11 Å². The van der Waals surface area contributed by atoms with E-state index in [0.717, 1.165) is 29.0 Å². The summed E-state index contributed by atoms with van der Waals surface area (Å²) in [4.78, 5) is 11.9. The Hall–Kier alpha value is -3.28. The third-order valence-electron chi connectivity index (χ3n) is 3.97. The number of methoxy groups -OCH3 is 1. The number of hydrogen-bond donors (Lipinski definition) is 2. The van der Waals surface area contributed by atoms with E-state index in [-0.39, 0.29) is 6.03 Å². The Labute approximate surface area is 152 Å². The van der Waals surface area contributed by atoms with E-state index in [4.69, 9.17) is 4.74 Å². The maximum absolute atomic E-state index is 11.9. The molecule has 0 aliphatic rings. The summed E-state index contributed by atoms with van der Waals surface area (Å²) in [6, 6.07) is 17.4. The maximum Gasteiger partial charge on any atom is 0.315 e. The van der Waals surface area contributed by atoms with Crippen molar-refractivity contribution in [2.75, 3.05) is 13.7 Å². The summed E-state index contributed by atoms with van der Waals surface area (Å²) in [7, 11) is 1.63. The summed E-state index contributed by atoms with van der Waals surface area (Å²) < 4.78 is 6.95. The van der Waals surface area contributed by atoms with Gasteiger partial charge in [-0.1, -0.05) is 30.3 Å². The third kappa shape index (κ3) is 4.86. The van der Waals surface area contributed by atoms with Gasteiger partial charge in [0.15, 0.2) is 0 Å². The molecule has 2 aromatic carbocycles. The second-order valence-electron chi connectivity index (χ2n) is 5.84. The SMILES string of the molecule is COc1ccc(CNC(=O)NCCc2cnn(-c3ccccc3)c2)cc1. The molecule has 0 unspecified atom stereocenters. The van der Waals surface area contributed by atoms with Gasteiger partial charge in [-0.15, -0.1) is 0 Å². The molecule has 3 aromatic rings. The van der Waals surface area contributed by atoms with Gasteiger partial charge in [-0.2, -0.15) is 5.10 Å². The van der Waals surface area contributed by atoms with Crippen molar-refractivity contribution < 1.29 is 9.53 Å². The van der Waals surface area contributed by atoms with Gasteiger partial charge in [-0.05, 0) is 41.8 Å². The van der Waals surface area contributed by atoms with Crippen LogP contribution in [0.3, 0.4) is 0 Å². The first-order valence-corrected chi connectivity index (χ1v) is 8.48. The molecule has 0 bridgehead atoms. The first-order valence-electron chi connectivity index (χ1n) is 8.48. The lowest BCUT2D eigenvalue weighted by Crippen LogP contribution is -2.36. The van der Waals surface area contributed by atoms with Gasteiger partial charge < -0.3 is 15.4 Å². The molecule has 3 rings (SSSR count). The number of nitrogens with one attached hydrogen (secondary N) is 2. The average Bonchev–Trinajstić information content (AvgIpc) is 3.16. The number of para-hydroxylation sites is 1. The maximum atomic E-state index is 11.9. The fraction of sp³-hybridized carbons (Fsp3) is 0.200. The fourth-order valence-electron chi connectivity index (χ4n) is 2.52. The van der Waals surface area contributed by atoms with Crippen LogP contribution in [-0.2, 0) is 13.0 Å². The average molecular weight is 350 g/mol. The minimum atomic E-state index is -0.184. The molecule has 0 saturated heterocycles. The van der Waals surface area contributed by atoms with Crippen molar-refractivity contribution in [3.05, 3.63) is 78.1 Å². The number of rotatable bonds is 7. The molecule has 6 heteroatoms. The van der Waals surface area contributed by atoms with Gasteiger partial charge in [0.05, 0.1) is 19.0 Å². The summed E-state index contributed by atoms with van der Waals surface area (Å²) in [5, 5.41) is 10.1. The Morgan fingerprint density at radius 1 is 1.04 bits per heavy atom. The van der Waals surface area contributed by atoms with Crippen molar-refractivity contribution >= 4 is 6.03 Å². The highest BCUT2D eigenvalue weighted by molar-refractivity contribution is 5.73. The molecule has 1 aromatic heterocycles. The van der Waals surface area contributed by atoms with E-state index in [1.165, 1.54) is 0 Å². The topological polar surface area (TPSA) is 68.2 Å². The van der Waals surface area contributed by atoms with E-state index in [2.05, 4.69) is 15.7 Å². The normalized spacial score (nSPS) is 10.3. The summed E-state index contributed by atoms with van der Waals surface area (Å²) in [5.74, 6) is 0.800. The molecular weight excluding hydrogens is 328 g/mol. The molecule has 6 nitrogen and oxygen atoms in total. The fourth-order valence-corrected chi connectivity index (χ4v) is 2.52. The van der Waals surface area contributed by atoms with Crippen LogP contribution >= 0.6 is 0 Å². The van der Waals surface area contributed by atoms with E-state index in [0.29, 0.717) is 13.1 Å². The number of urea groups is 1. The smallest absolute Gasteiger partial charge is 0.315 e. The van der Waals surface area contributed by atoms with Gasteiger partial charge in [0.1, 0.15) is 5.75 Å². The second kappa shape index (κ2) is 8.71. The first kappa shape index (κ1) is 17.5. The second-order valence-corrected chi connectivity index (χ2v) is 5.84. The van der Waals surface area contributed by atoms with E-state index < -0.39 is 0 Å². The molecule has 0 atom stereocenters. The lowest BCUT2D eigenvalue weighted by molar-refractivity contribution is 0.240. The van der Waals surface area contributed by atoms with Gasteiger partial charge in [0, 0.05) is 19.3 Å².